The van der Waals surface area contributed by atoms with Crippen molar-refractivity contribution in [3.05, 3.63) is 56.0 Å². The molecule has 0 radical (unpaired) electrons. The predicted octanol–water partition coefficient (Wildman–Crippen LogP) is 6.86. The molecule has 0 bridgehead atoms. The molecule has 0 unspecified atom stereocenters. The van der Waals surface area contributed by atoms with E-state index in [2.05, 4.69) is 15.9 Å². The Labute approximate surface area is 134 Å². The first-order chi connectivity index (χ1) is 8.54. The van der Waals surface area contributed by atoms with Gasteiger partial charge in [-0.15, -0.1) is 0 Å². The lowest BCUT2D eigenvalue weighted by atomic mass is 10.0. The van der Waals surface area contributed by atoms with E-state index < -0.39 is 0 Å². The molecule has 0 saturated heterocycles. The summed E-state index contributed by atoms with van der Waals surface area (Å²) >= 11 is 27.9. The van der Waals surface area contributed by atoms with Gasteiger partial charge in [0.1, 0.15) is 0 Å². The molecular weight excluding hydrogens is 378 g/mol. The molecule has 0 aliphatic rings. The van der Waals surface area contributed by atoms with E-state index in [9.17, 15) is 0 Å². The summed E-state index contributed by atoms with van der Waals surface area (Å²) in [6, 6.07) is 9.08. The Morgan fingerprint density at radius 3 is 2.11 bits per heavy atom. The number of rotatable bonds is 2. The molecule has 2 aromatic rings. The van der Waals surface area contributed by atoms with Gasteiger partial charge in [-0.05, 0) is 29.3 Å². The smallest absolute Gasteiger partial charge is 0.0685 e. The zero-order valence-corrected chi connectivity index (χ0v) is 13.6. The van der Waals surface area contributed by atoms with E-state index >= 15 is 0 Å². The van der Waals surface area contributed by atoms with E-state index in [1.165, 1.54) is 0 Å². The maximum absolute atomic E-state index is 6.19. The molecule has 0 fully saturated rings. The normalized spacial score (nSPS) is 10.7. The lowest BCUT2D eigenvalue weighted by Gasteiger charge is -2.10. The highest BCUT2D eigenvalue weighted by Crippen LogP contribution is 2.40. The molecule has 0 heterocycles. The van der Waals surface area contributed by atoms with Crippen molar-refractivity contribution in [2.75, 3.05) is 0 Å². The zero-order valence-electron chi connectivity index (χ0n) is 8.98. The average molecular weight is 385 g/mol. The number of halogens is 5. The van der Waals surface area contributed by atoms with Crippen LogP contribution in [-0.2, 0) is 5.33 Å². The lowest BCUT2D eigenvalue weighted by Crippen LogP contribution is -1.86. The van der Waals surface area contributed by atoms with E-state index in [-0.39, 0.29) is 0 Å². The van der Waals surface area contributed by atoms with Crippen LogP contribution in [0.2, 0.25) is 20.1 Å². The summed E-state index contributed by atoms with van der Waals surface area (Å²) in [6.45, 7) is 0. The van der Waals surface area contributed by atoms with Crippen LogP contribution in [0.25, 0.3) is 11.1 Å². The molecule has 94 valence electrons. The van der Waals surface area contributed by atoms with Crippen LogP contribution >= 0.6 is 62.3 Å². The van der Waals surface area contributed by atoms with Crippen molar-refractivity contribution in [3.8, 4) is 11.1 Å². The molecule has 0 nitrogen and oxygen atoms in total. The van der Waals surface area contributed by atoms with Crippen LogP contribution in [0, 0.1) is 0 Å². The highest BCUT2D eigenvalue weighted by Gasteiger charge is 2.13. The van der Waals surface area contributed by atoms with Gasteiger partial charge in [0.2, 0.25) is 0 Å². The van der Waals surface area contributed by atoms with Crippen LogP contribution in [0.15, 0.2) is 30.3 Å². The van der Waals surface area contributed by atoms with Crippen molar-refractivity contribution in [2.24, 2.45) is 0 Å². The third-order valence-corrected chi connectivity index (χ3v) is 4.60. The largest absolute Gasteiger partial charge is 0.0876 e. The molecule has 0 N–H and O–H groups in total. The summed E-state index contributed by atoms with van der Waals surface area (Å²) < 4.78 is 0. The van der Waals surface area contributed by atoms with Gasteiger partial charge in [0.15, 0.2) is 0 Å². The van der Waals surface area contributed by atoms with Gasteiger partial charge >= 0.3 is 0 Å². The minimum Gasteiger partial charge on any atom is -0.0876 e. The molecule has 0 spiro atoms. The van der Waals surface area contributed by atoms with E-state index in [1.807, 2.05) is 18.2 Å². The number of hydrogen-bond acceptors (Lipinski definition) is 0. The van der Waals surface area contributed by atoms with Crippen molar-refractivity contribution in [2.45, 2.75) is 5.33 Å². The number of benzene rings is 2. The van der Waals surface area contributed by atoms with Gasteiger partial charge in [0, 0.05) is 20.9 Å². The molecule has 0 aliphatic carbocycles. The minimum atomic E-state index is 0.437. The molecule has 2 aromatic carbocycles. The van der Waals surface area contributed by atoms with Crippen LogP contribution in [0.3, 0.4) is 0 Å². The minimum absolute atomic E-state index is 0.437. The Morgan fingerprint density at radius 1 is 0.833 bits per heavy atom. The molecule has 0 amide bonds. The Hall–Kier alpha value is 0.0800. The van der Waals surface area contributed by atoms with Crippen molar-refractivity contribution < 1.29 is 0 Å². The number of hydrogen-bond donors (Lipinski definition) is 0. The van der Waals surface area contributed by atoms with E-state index in [4.69, 9.17) is 46.4 Å². The second-order valence-electron chi connectivity index (χ2n) is 3.66. The van der Waals surface area contributed by atoms with E-state index in [0.29, 0.717) is 31.0 Å². The first-order valence-electron chi connectivity index (χ1n) is 5.03. The van der Waals surface area contributed by atoms with Gasteiger partial charge in [-0.25, -0.2) is 0 Å². The zero-order chi connectivity index (χ0) is 13.3. The highest BCUT2D eigenvalue weighted by molar-refractivity contribution is 9.08. The van der Waals surface area contributed by atoms with Gasteiger partial charge in [0.25, 0.3) is 0 Å². The molecule has 2 rings (SSSR count). The summed E-state index contributed by atoms with van der Waals surface area (Å²) in [7, 11) is 0. The van der Waals surface area contributed by atoms with Crippen LogP contribution in [0.4, 0.5) is 0 Å². The summed E-state index contributed by atoms with van der Waals surface area (Å²) in [5.74, 6) is 0. The lowest BCUT2D eigenvalue weighted by molar-refractivity contribution is 1.43. The van der Waals surface area contributed by atoms with Gasteiger partial charge in [-0.1, -0.05) is 74.5 Å². The van der Waals surface area contributed by atoms with Crippen molar-refractivity contribution >= 4 is 62.3 Å². The Balaban J connectivity index is 2.62. The maximum Gasteiger partial charge on any atom is 0.0685 e. The van der Waals surface area contributed by atoms with Crippen LogP contribution < -0.4 is 0 Å². The second-order valence-corrected chi connectivity index (χ2v) is 5.82. The molecule has 0 saturated carbocycles. The maximum atomic E-state index is 6.19. The fourth-order valence-electron chi connectivity index (χ4n) is 1.60. The standard InChI is InChI=1S/C13H7BrCl4/c14-6-8-2-1-7(5-11(8)17)12-9(15)3-4-10(16)13(12)18/h1-5H,6H2. The summed E-state index contributed by atoms with van der Waals surface area (Å²) in [4.78, 5) is 0. The van der Waals surface area contributed by atoms with Gasteiger partial charge in [-0.2, -0.15) is 0 Å². The second kappa shape index (κ2) is 6.02. The Morgan fingerprint density at radius 2 is 1.50 bits per heavy atom. The fourth-order valence-corrected chi connectivity index (χ4v) is 3.25. The van der Waals surface area contributed by atoms with Crippen LogP contribution in [-0.4, -0.2) is 0 Å². The Kier molecular flexibility index (Phi) is 4.85. The van der Waals surface area contributed by atoms with Crippen molar-refractivity contribution in [1.29, 1.82) is 0 Å². The molecule has 5 heteroatoms. The van der Waals surface area contributed by atoms with Gasteiger partial charge < -0.3 is 0 Å². The summed E-state index contributed by atoms with van der Waals surface area (Å²) in [5.41, 5.74) is 2.56. The van der Waals surface area contributed by atoms with Gasteiger partial charge in [0.05, 0.1) is 10.0 Å². The highest BCUT2D eigenvalue weighted by atomic mass is 79.9. The SMILES string of the molecule is Clc1cc(-c2c(Cl)ccc(Cl)c2Cl)ccc1CBr. The molecule has 0 aromatic heterocycles. The molecule has 18 heavy (non-hydrogen) atoms. The average Bonchev–Trinajstić information content (AvgIpc) is 2.35. The first kappa shape index (κ1) is 14.5. The first-order valence-corrected chi connectivity index (χ1v) is 7.66. The number of alkyl halides is 1. The topological polar surface area (TPSA) is 0 Å². The van der Waals surface area contributed by atoms with Crippen molar-refractivity contribution in [1.82, 2.24) is 0 Å². The fraction of sp³-hybridized carbons (Fsp3) is 0.0769. The summed E-state index contributed by atoms with van der Waals surface area (Å²) in [6.07, 6.45) is 0. The molecule has 0 atom stereocenters. The quantitative estimate of drug-likeness (QED) is 0.391. The van der Waals surface area contributed by atoms with Crippen LogP contribution in [0.1, 0.15) is 5.56 Å². The van der Waals surface area contributed by atoms with E-state index in [0.717, 1.165) is 11.1 Å². The molecule has 0 aliphatic heterocycles. The van der Waals surface area contributed by atoms with Crippen molar-refractivity contribution in [3.63, 3.8) is 0 Å². The third-order valence-electron chi connectivity index (χ3n) is 2.53. The Bertz CT molecular complexity index is 596. The summed E-state index contributed by atoms with van der Waals surface area (Å²) in [5, 5.41) is 2.82. The van der Waals surface area contributed by atoms with Gasteiger partial charge in [-0.3, -0.25) is 0 Å². The monoisotopic (exact) mass is 382 g/mol. The predicted molar refractivity (Wildman–Crippen MR) is 84.5 cm³/mol. The van der Waals surface area contributed by atoms with E-state index in [1.54, 1.807) is 12.1 Å². The molecular formula is C13H7BrCl4. The van der Waals surface area contributed by atoms with Crippen LogP contribution in [0.5, 0.6) is 0 Å². The third kappa shape index (κ3) is 2.81.